The van der Waals surface area contributed by atoms with E-state index in [1.54, 1.807) is 6.20 Å². The minimum absolute atomic E-state index is 0.462. The highest BCUT2D eigenvalue weighted by Gasteiger charge is 2.29. The Kier molecular flexibility index (Phi) is 7.73. The lowest BCUT2D eigenvalue weighted by atomic mass is 9.79. The second kappa shape index (κ2) is 10.9. The lowest BCUT2D eigenvalue weighted by molar-refractivity contribution is 0.0864. The molecule has 2 aromatic heterocycles. The fourth-order valence-corrected chi connectivity index (χ4v) is 5.00. The number of nitrogens with one attached hydrogen (secondary N) is 1. The van der Waals surface area contributed by atoms with Crippen molar-refractivity contribution in [2.45, 2.75) is 52.0 Å². The van der Waals surface area contributed by atoms with Gasteiger partial charge in [-0.15, -0.1) is 0 Å². The van der Waals surface area contributed by atoms with Crippen molar-refractivity contribution in [1.29, 1.82) is 0 Å². The molecule has 1 saturated heterocycles. The first-order valence-electron chi connectivity index (χ1n) is 12.1. The predicted octanol–water partition coefficient (Wildman–Crippen LogP) is 3.08. The maximum absolute atomic E-state index is 5.34. The predicted molar refractivity (Wildman–Crippen MR) is 126 cm³/mol. The summed E-state index contributed by atoms with van der Waals surface area (Å²) in [6.07, 6.45) is 7.91. The van der Waals surface area contributed by atoms with Crippen LogP contribution in [0.2, 0.25) is 0 Å². The van der Waals surface area contributed by atoms with Gasteiger partial charge in [-0.3, -0.25) is 14.9 Å². The minimum Gasteiger partial charge on any atom is -0.356 e. The van der Waals surface area contributed by atoms with Gasteiger partial charge in [-0.25, -0.2) is 0 Å². The molecule has 0 unspecified atom stereocenters. The van der Waals surface area contributed by atoms with Crippen LogP contribution in [0.3, 0.4) is 0 Å². The molecule has 1 aliphatic carbocycles. The summed E-state index contributed by atoms with van der Waals surface area (Å²) in [5.41, 5.74) is 0.700. The van der Waals surface area contributed by atoms with Crippen molar-refractivity contribution < 1.29 is 4.52 Å². The largest absolute Gasteiger partial charge is 0.356 e. The van der Waals surface area contributed by atoms with Crippen LogP contribution in [0, 0.1) is 11.8 Å². The summed E-state index contributed by atoms with van der Waals surface area (Å²) in [5.74, 6) is 3.85. The molecule has 0 spiro atoms. The van der Waals surface area contributed by atoms with E-state index in [0.717, 1.165) is 50.0 Å². The zero-order chi connectivity index (χ0) is 22.3. The van der Waals surface area contributed by atoms with E-state index >= 15 is 0 Å². The van der Waals surface area contributed by atoms with Crippen LogP contribution in [0.4, 0.5) is 0 Å². The number of nitrogens with zero attached hydrogens (tertiary/aromatic N) is 6. The highest BCUT2D eigenvalue weighted by Crippen LogP contribution is 2.32. The first kappa shape index (κ1) is 22.7. The van der Waals surface area contributed by atoms with Gasteiger partial charge in [-0.2, -0.15) is 4.98 Å². The molecule has 4 rings (SSSR count). The Labute approximate surface area is 191 Å². The third kappa shape index (κ3) is 5.65. The molecule has 174 valence electrons. The van der Waals surface area contributed by atoms with E-state index in [2.05, 4.69) is 49.1 Å². The fourth-order valence-electron chi connectivity index (χ4n) is 5.00. The Balaban J connectivity index is 1.20. The topological polar surface area (TPSA) is 82.7 Å². The van der Waals surface area contributed by atoms with Gasteiger partial charge in [0.05, 0.1) is 0 Å². The van der Waals surface area contributed by atoms with Crippen LogP contribution >= 0.6 is 0 Å². The number of pyridine rings is 1. The Bertz CT molecular complexity index is 850. The summed E-state index contributed by atoms with van der Waals surface area (Å²) in [6, 6.07) is 6.42. The number of rotatable bonds is 6. The normalized spacial score (nSPS) is 23.0. The molecule has 0 radical (unpaired) electrons. The first-order valence-corrected chi connectivity index (χ1v) is 12.1. The molecule has 0 atom stereocenters. The zero-order valence-electron chi connectivity index (χ0n) is 19.7. The van der Waals surface area contributed by atoms with Crippen LogP contribution in [0.15, 0.2) is 33.9 Å². The van der Waals surface area contributed by atoms with E-state index in [0.29, 0.717) is 30.4 Å². The van der Waals surface area contributed by atoms with E-state index in [9.17, 15) is 0 Å². The van der Waals surface area contributed by atoms with Crippen molar-refractivity contribution in [3.05, 3.63) is 30.2 Å². The summed E-state index contributed by atoms with van der Waals surface area (Å²) < 4.78 is 5.34. The third-order valence-corrected chi connectivity index (χ3v) is 7.01. The number of hydrogen-bond acceptors (Lipinski definition) is 6. The molecule has 0 aromatic carbocycles. The summed E-state index contributed by atoms with van der Waals surface area (Å²) in [4.78, 5) is 18.3. The smallest absolute Gasteiger partial charge is 0.276 e. The summed E-state index contributed by atoms with van der Waals surface area (Å²) in [6.45, 7) is 9.76. The molecule has 0 amide bonds. The van der Waals surface area contributed by atoms with E-state index < -0.39 is 0 Å². The van der Waals surface area contributed by atoms with Crippen molar-refractivity contribution in [3.8, 4) is 11.6 Å². The van der Waals surface area contributed by atoms with Crippen LogP contribution < -0.4 is 5.32 Å². The second-order valence-corrected chi connectivity index (χ2v) is 9.29. The number of aromatic nitrogens is 3. The molecule has 8 nitrogen and oxygen atoms in total. The van der Waals surface area contributed by atoms with Gasteiger partial charge in [0.15, 0.2) is 11.8 Å². The molecule has 1 saturated carbocycles. The van der Waals surface area contributed by atoms with Crippen LogP contribution in [-0.4, -0.2) is 76.7 Å². The van der Waals surface area contributed by atoms with Gasteiger partial charge >= 0.3 is 0 Å². The van der Waals surface area contributed by atoms with Gasteiger partial charge in [0.1, 0.15) is 5.69 Å². The lowest BCUT2D eigenvalue weighted by Crippen LogP contribution is -2.55. The maximum atomic E-state index is 5.34. The van der Waals surface area contributed by atoms with Crippen LogP contribution in [-0.2, 0) is 6.42 Å². The van der Waals surface area contributed by atoms with Gasteiger partial charge in [0.25, 0.3) is 5.89 Å². The summed E-state index contributed by atoms with van der Waals surface area (Å²) in [5, 5.41) is 7.55. The van der Waals surface area contributed by atoms with Crippen molar-refractivity contribution in [1.82, 2.24) is 30.2 Å². The average molecular weight is 440 g/mol. The van der Waals surface area contributed by atoms with Crippen molar-refractivity contribution in [2.75, 3.05) is 39.8 Å². The monoisotopic (exact) mass is 439 g/mol. The van der Waals surface area contributed by atoms with Gasteiger partial charge in [-0.05, 0) is 49.7 Å². The molecule has 1 aliphatic heterocycles. The van der Waals surface area contributed by atoms with Gasteiger partial charge in [-0.1, -0.05) is 25.1 Å². The standard InChI is InChI=1S/C24H37N7O/c1-18(2)19-7-9-20(10-8-19)30-14-16-31(17-15-30)24(25-3)27-13-11-22-28-23(32-29-22)21-6-4-5-12-26-21/h4-6,12,18-20H,7-11,13-17H2,1-3H3,(H,25,27). The maximum Gasteiger partial charge on any atom is 0.276 e. The van der Waals surface area contributed by atoms with Crippen molar-refractivity contribution in [3.63, 3.8) is 0 Å². The van der Waals surface area contributed by atoms with Gasteiger partial charge in [0.2, 0.25) is 0 Å². The Hall–Kier alpha value is -2.48. The van der Waals surface area contributed by atoms with Crippen LogP contribution in [0.5, 0.6) is 0 Å². The van der Waals surface area contributed by atoms with Gasteiger partial charge in [0, 0.05) is 58.4 Å². The summed E-state index contributed by atoms with van der Waals surface area (Å²) >= 11 is 0. The van der Waals surface area contributed by atoms with E-state index in [1.165, 1.54) is 25.7 Å². The molecular weight excluding hydrogens is 402 g/mol. The quantitative estimate of drug-likeness (QED) is 0.547. The van der Waals surface area contributed by atoms with Crippen LogP contribution in [0.1, 0.15) is 45.4 Å². The third-order valence-electron chi connectivity index (χ3n) is 7.01. The highest BCUT2D eigenvalue weighted by atomic mass is 16.5. The molecule has 2 fully saturated rings. The number of aliphatic imine (C=N–C) groups is 1. The first-order chi connectivity index (χ1) is 15.6. The Morgan fingerprint density at radius 2 is 1.94 bits per heavy atom. The molecular formula is C24H37N7O. The molecule has 3 heterocycles. The Morgan fingerprint density at radius 1 is 1.16 bits per heavy atom. The fraction of sp³-hybridized carbons (Fsp3) is 0.667. The molecule has 8 heteroatoms. The number of piperazine rings is 1. The molecule has 2 aliphatic rings. The minimum atomic E-state index is 0.462. The summed E-state index contributed by atoms with van der Waals surface area (Å²) in [7, 11) is 1.86. The highest BCUT2D eigenvalue weighted by molar-refractivity contribution is 5.80. The molecule has 0 bridgehead atoms. The number of guanidine groups is 1. The SMILES string of the molecule is CN=C(NCCc1noc(-c2ccccn2)n1)N1CCN(C2CCC(C(C)C)CC2)CC1. The van der Waals surface area contributed by atoms with Crippen molar-refractivity contribution >= 4 is 5.96 Å². The average Bonchev–Trinajstić information content (AvgIpc) is 3.32. The molecule has 1 N–H and O–H groups in total. The van der Waals surface area contributed by atoms with Crippen LogP contribution in [0.25, 0.3) is 11.6 Å². The molecule has 2 aromatic rings. The Morgan fingerprint density at radius 3 is 2.59 bits per heavy atom. The van der Waals surface area contributed by atoms with Gasteiger partial charge < -0.3 is 14.7 Å². The van der Waals surface area contributed by atoms with E-state index in [-0.39, 0.29) is 0 Å². The second-order valence-electron chi connectivity index (χ2n) is 9.29. The van der Waals surface area contributed by atoms with Crippen molar-refractivity contribution in [2.24, 2.45) is 16.8 Å². The number of hydrogen-bond donors (Lipinski definition) is 1. The lowest BCUT2D eigenvalue weighted by Gasteiger charge is -2.43. The van der Waals surface area contributed by atoms with E-state index in [1.807, 2.05) is 25.2 Å². The molecule has 32 heavy (non-hydrogen) atoms. The zero-order valence-corrected chi connectivity index (χ0v) is 19.7. The van der Waals surface area contributed by atoms with E-state index in [4.69, 9.17) is 4.52 Å².